The van der Waals surface area contributed by atoms with Gasteiger partial charge in [0.1, 0.15) is 0 Å². The van der Waals surface area contributed by atoms with Gasteiger partial charge in [-0.3, -0.25) is 0 Å². The topological polar surface area (TPSA) is 6.48 Å². The smallest absolute Gasteiger partial charge is 0.0462 e. The Kier molecular flexibility index (Phi) is 12.3. The molecule has 0 aromatic heterocycles. The van der Waals surface area contributed by atoms with Crippen LogP contribution in [0.15, 0.2) is 195 Å². The summed E-state index contributed by atoms with van der Waals surface area (Å²) in [5, 5.41) is 0. The van der Waals surface area contributed by atoms with Crippen molar-refractivity contribution >= 4 is 34.9 Å². The molecule has 0 saturated heterocycles. The summed E-state index contributed by atoms with van der Waals surface area (Å²) in [5.41, 5.74) is 13.9. The van der Waals surface area contributed by atoms with Crippen molar-refractivity contribution in [3.05, 3.63) is 218 Å². The lowest BCUT2D eigenvalue weighted by Crippen LogP contribution is -2.20. The summed E-state index contributed by atoms with van der Waals surface area (Å²) in [6.07, 6.45) is 17.0. The van der Waals surface area contributed by atoms with Gasteiger partial charge in [0.2, 0.25) is 0 Å². The van der Waals surface area contributed by atoms with Crippen molar-refractivity contribution in [1.29, 1.82) is 0 Å². The van der Waals surface area contributed by atoms with E-state index in [1.807, 2.05) is 44.2 Å². The van der Waals surface area contributed by atoms with Gasteiger partial charge in [-0.1, -0.05) is 136 Å². The minimum Gasteiger partial charge on any atom is -0.315 e. The molecule has 0 bridgehead atoms. The van der Waals surface area contributed by atoms with E-state index >= 15 is 0 Å². The van der Waals surface area contributed by atoms with Gasteiger partial charge in [0.25, 0.3) is 0 Å². The predicted molar refractivity (Wildman–Crippen MR) is 229 cm³/mol. The van der Waals surface area contributed by atoms with Crippen molar-refractivity contribution in [3.8, 4) is 11.1 Å². The maximum Gasteiger partial charge on any atom is 0.0462 e. The number of hydrogen-bond donors (Lipinski definition) is 0. The summed E-state index contributed by atoms with van der Waals surface area (Å²) < 4.78 is 0. The first-order chi connectivity index (χ1) is 25.2. The average Bonchev–Trinajstić information content (AvgIpc) is 3.39. The van der Waals surface area contributed by atoms with Gasteiger partial charge in [-0.15, -0.1) is 13.2 Å². The molecule has 0 spiro atoms. The number of anilines is 4. The lowest BCUT2D eigenvalue weighted by molar-refractivity contribution is 0.660. The van der Waals surface area contributed by atoms with Gasteiger partial charge < -0.3 is 9.80 Å². The van der Waals surface area contributed by atoms with E-state index in [0.717, 1.165) is 46.1 Å². The number of para-hydroxylation sites is 2. The third-order valence-electron chi connectivity index (χ3n) is 9.23. The van der Waals surface area contributed by atoms with Crippen LogP contribution >= 0.6 is 0 Å². The van der Waals surface area contributed by atoms with Crippen LogP contribution in [0.4, 0.5) is 22.7 Å². The summed E-state index contributed by atoms with van der Waals surface area (Å²) >= 11 is 0. The van der Waals surface area contributed by atoms with Crippen LogP contribution in [0.5, 0.6) is 0 Å². The summed E-state index contributed by atoms with van der Waals surface area (Å²) in [6, 6.07) is 43.4. The van der Waals surface area contributed by atoms with Gasteiger partial charge in [-0.2, -0.15) is 0 Å². The SMILES string of the molecule is C=C/C(=C\C=C/C)N(C(=C)C)c1ccc2c(c1)C(C)(C)c1cc(/C=C/c3ccc(N(c4ccccc4)c4ccccc4)cc3)ccc1-2.C=CCC=C. The molecule has 1 aliphatic rings. The van der Waals surface area contributed by atoms with Crippen LogP contribution in [0.25, 0.3) is 23.3 Å². The van der Waals surface area contributed by atoms with Gasteiger partial charge in [0, 0.05) is 39.6 Å². The normalized spacial score (nSPS) is 12.7. The molecule has 0 atom stereocenters. The van der Waals surface area contributed by atoms with E-state index in [-0.39, 0.29) is 5.41 Å². The van der Waals surface area contributed by atoms with E-state index in [9.17, 15) is 0 Å². The Morgan fingerprint density at radius 3 is 1.65 bits per heavy atom. The van der Waals surface area contributed by atoms with Gasteiger partial charge >= 0.3 is 0 Å². The summed E-state index contributed by atoms with van der Waals surface area (Å²) in [5.74, 6) is 0. The van der Waals surface area contributed by atoms with Crippen molar-refractivity contribution in [3.63, 3.8) is 0 Å². The lowest BCUT2D eigenvalue weighted by Gasteiger charge is -2.28. The van der Waals surface area contributed by atoms with Gasteiger partial charge in [0.15, 0.2) is 0 Å². The Bertz CT molecular complexity index is 2060. The van der Waals surface area contributed by atoms with Crippen LogP contribution in [0, 0.1) is 0 Å². The fraction of sp³-hybridized carbons (Fsp3) is 0.120. The Hall–Kier alpha value is -6.12. The van der Waals surface area contributed by atoms with Crippen molar-refractivity contribution < 1.29 is 0 Å². The summed E-state index contributed by atoms with van der Waals surface area (Å²) in [7, 11) is 0. The van der Waals surface area contributed by atoms with Crippen LogP contribution in [0.1, 0.15) is 56.4 Å². The van der Waals surface area contributed by atoms with Crippen molar-refractivity contribution in [2.45, 2.75) is 39.5 Å². The second-order valence-electron chi connectivity index (χ2n) is 13.3. The molecule has 6 rings (SSSR count). The number of hydrogen-bond acceptors (Lipinski definition) is 2. The molecule has 52 heavy (non-hydrogen) atoms. The van der Waals surface area contributed by atoms with Crippen molar-refractivity contribution in [2.24, 2.45) is 0 Å². The third-order valence-corrected chi connectivity index (χ3v) is 9.23. The van der Waals surface area contributed by atoms with Crippen molar-refractivity contribution in [2.75, 3.05) is 9.80 Å². The van der Waals surface area contributed by atoms with Gasteiger partial charge in [-0.05, 0) is 114 Å². The van der Waals surface area contributed by atoms with E-state index in [4.69, 9.17) is 0 Å². The fourth-order valence-electron chi connectivity index (χ4n) is 6.65. The molecule has 5 aromatic rings. The van der Waals surface area contributed by atoms with Crippen LogP contribution in [0.3, 0.4) is 0 Å². The second kappa shape index (κ2) is 17.2. The molecule has 260 valence electrons. The Morgan fingerprint density at radius 1 is 0.635 bits per heavy atom. The molecule has 2 nitrogen and oxygen atoms in total. The zero-order valence-electron chi connectivity index (χ0n) is 31.1. The average molecular weight is 679 g/mol. The maximum absolute atomic E-state index is 4.28. The highest BCUT2D eigenvalue weighted by Gasteiger charge is 2.36. The highest BCUT2D eigenvalue weighted by molar-refractivity contribution is 5.85. The van der Waals surface area contributed by atoms with E-state index in [1.165, 1.54) is 27.8 Å². The maximum atomic E-state index is 4.28. The highest BCUT2D eigenvalue weighted by Crippen LogP contribution is 2.50. The molecule has 5 aromatic carbocycles. The first-order valence-electron chi connectivity index (χ1n) is 17.8. The molecule has 0 radical (unpaired) electrons. The molecule has 2 heteroatoms. The number of fused-ring (bicyclic) bond motifs is 3. The van der Waals surface area contributed by atoms with E-state index < -0.39 is 0 Å². The lowest BCUT2D eigenvalue weighted by atomic mass is 9.81. The molecule has 0 fully saturated rings. The monoisotopic (exact) mass is 678 g/mol. The molecule has 1 aliphatic carbocycles. The largest absolute Gasteiger partial charge is 0.315 e. The molecule has 0 amide bonds. The number of nitrogens with zero attached hydrogens (tertiary/aromatic N) is 2. The molecule has 0 N–H and O–H groups in total. The summed E-state index contributed by atoms with van der Waals surface area (Å²) in [6.45, 7) is 24.0. The van der Waals surface area contributed by atoms with Crippen LogP contribution in [-0.4, -0.2) is 0 Å². The standard InChI is InChI=1S/C45H42N2.C5H8/c1-7-9-16-36(8-2)46(33(3)4)40-28-30-42-41-29-25-35(31-43(41)45(5,6)44(42)32-40)22-21-34-23-26-39(27-24-34)47(37-17-12-10-13-18-37)38-19-14-11-15-20-38;1-3-5-4-2/h7-32H,2-3H2,1,4-6H3;3-4H,1-2,5H2/b9-7-,22-21+,36-16+;. The first-order valence-corrected chi connectivity index (χ1v) is 17.8. The molecular weight excluding hydrogens is 629 g/mol. The van der Waals surface area contributed by atoms with Gasteiger partial charge in [0.05, 0.1) is 0 Å². The quantitative estimate of drug-likeness (QED) is 0.0736. The number of benzene rings is 5. The predicted octanol–water partition coefficient (Wildman–Crippen LogP) is 14.4. The number of allylic oxidation sites excluding steroid dienone is 7. The zero-order valence-corrected chi connectivity index (χ0v) is 31.1. The minimum absolute atomic E-state index is 0.146. The minimum atomic E-state index is -0.146. The van der Waals surface area contributed by atoms with Crippen LogP contribution in [-0.2, 0) is 5.41 Å². The van der Waals surface area contributed by atoms with Crippen molar-refractivity contribution in [1.82, 2.24) is 0 Å². The van der Waals surface area contributed by atoms with E-state index in [0.29, 0.717) is 0 Å². The molecule has 0 saturated carbocycles. The second-order valence-corrected chi connectivity index (χ2v) is 13.3. The number of rotatable bonds is 12. The molecular formula is C50H50N2. The van der Waals surface area contributed by atoms with Gasteiger partial charge in [-0.25, -0.2) is 0 Å². The molecule has 0 unspecified atom stereocenters. The Labute approximate surface area is 312 Å². The zero-order chi connectivity index (χ0) is 37.1. The van der Waals surface area contributed by atoms with Crippen LogP contribution in [0.2, 0.25) is 0 Å². The van der Waals surface area contributed by atoms with E-state index in [1.54, 1.807) is 0 Å². The summed E-state index contributed by atoms with van der Waals surface area (Å²) in [4.78, 5) is 4.45. The first kappa shape index (κ1) is 37.1. The van der Waals surface area contributed by atoms with E-state index in [2.05, 4.69) is 190 Å². The fourth-order valence-corrected chi connectivity index (χ4v) is 6.65. The molecule has 0 aliphatic heterocycles. The Balaban J connectivity index is 0.000000979. The highest BCUT2D eigenvalue weighted by atomic mass is 15.1. The molecule has 0 heterocycles. The third kappa shape index (κ3) is 8.25. The van der Waals surface area contributed by atoms with Crippen LogP contribution < -0.4 is 9.80 Å². The Morgan fingerprint density at radius 2 is 1.13 bits per heavy atom.